The van der Waals surface area contributed by atoms with Gasteiger partial charge in [0.05, 0.1) is 23.7 Å². The summed E-state index contributed by atoms with van der Waals surface area (Å²) in [5.74, 6) is -0.619. The van der Waals surface area contributed by atoms with Gasteiger partial charge in [-0.05, 0) is 37.1 Å². The summed E-state index contributed by atoms with van der Waals surface area (Å²) < 4.78 is 17.3. The fourth-order valence-electron chi connectivity index (χ4n) is 3.21. The molecule has 7 nitrogen and oxygen atoms in total. The highest BCUT2D eigenvalue weighted by atomic mass is 32.1. The number of aryl methyl sites for hydroxylation is 3. The van der Waals surface area contributed by atoms with Crippen LogP contribution < -0.4 is 10.9 Å². The van der Waals surface area contributed by atoms with Crippen LogP contribution in [0.3, 0.4) is 0 Å². The maximum atomic E-state index is 14.3. The number of rotatable bonds is 6. The minimum Gasteiger partial charge on any atom is -0.352 e. The lowest BCUT2D eigenvalue weighted by atomic mass is 10.2. The van der Waals surface area contributed by atoms with Gasteiger partial charge in [-0.1, -0.05) is 6.07 Å². The van der Waals surface area contributed by atoms with Crippen molar-refractivity contribution in [3.05, 3.63) is 75.4 Å². The van der Waals surface area contributed by atoms with Crippen molar-refractivity contribution in [3.63, 3.8) is 0 Å². The van der Waals surface area contributed by atoms with Gasteiger partial charge >= 0.3 is 0 Å². The molecule has 1 N–H and O–H groups in total. The Hall–Kier alpha value is -3.33. The number of fused-ring (bicyclic) bond motifs is 1. The SMILES string of the molecule is Cc1sc2ncn(CCC(=O)NCc3ccc(-n4ccnc4)c(F)c3)c(=O)c2c1C. The Balaban J connectivity index is 1.37. The van der Waals surface area contributed by atoms with Crippen LogP contribution in [0.25, 0.3) is 15.9 Å². The van der Waals surface area contributed by atoms with E-state index in [0.717, 1.165) is 15.3 Å². The van der Waals surface area contributed by atoms with Crippen molar-refractivity contribution < 1.29 is 9.18 Å². The third-order valence-electron chi connectivity index (χ3n) is 5.02. The molecule has 0 aliphatic rings. The van der Waals surface area contributed by atoms with Crippen molar-refractivity contribution in [2.75, 3.05) is 0 Å². The Morgan fingerprint density at radius 1 is 1.27 bits per heavy atom. The monoisotopic (exact) mass is 425 g/mol. The first-order valence-electron chi connectivity index (χ1n) is 9.42. The summed E-state index contributed by atoms with van der Waals surface area (Å²) in [5.41, 5.74) is 1.84. The summed E-state index contributed by atoms with van der Waals surface area (Å²) in [6.45, 7) is 4.31. The van der Waals surface area contributed by atoms with Crippen LogP contribution in [0.5, 0.6) is 0 Å². The van der Waals surface area contributed by atoms with Crippen LogP contribution in [0, 0.1) is 19.7 Å². The molecule has 0 fully saturated rings. The number of carbonyl (C=O) groups excluding carboxylic acids is 1. The van der Waals surface area contributed by atoms with Gasteiger partial charge in [0.25, 0.3) is 5.56 Å². The van der Waals surface area contributed by atoms with Crippen LogP contribution in [-0.4, -0.2) is 25.0 Å². The second kappa shape index (κ2) is 8.19. The highest BCUT2D eigenvalue weighted by Crippen LogP contribution is 2.25. The van der Waals surface area contributed by atoms with E-state index in [2.05, 4.69) is 15.3 Å². The van der Waals surface area contributed by atoms with Gasteiger partial charge in [-0.25, -0.2) is 14.4 Å². The standard InChI is InChI=1S/C21H20FN5O2S/c1-13-14(2)30-20-19(13)21(29)27(12-25-20)7-5-18(28)24-10-15-3-4-17(16(22)9-15)26-8-6-23-11-26/h3-4,6,8-9,11-12H,5,7,10H2,1-2H3,(H,24,28). The van der Waals surface area contributed by atoms with Crippen molar-refractivity contribution in [2.45, 2.75) is 33.4 Å². The van der Waals surface area contributed by atoms with E-state index in [-0.39, 0.29) is 31.0 Å². The number of hydrogen-bond acceptors (Lipinski definition) is 5. The molecule has 0 saturated carbocycles. The number of halogens is 1. The summed E-state index contributed by atoms with van der Waals surface area (Å²) in [7, 11) is 0. The van der Waals surface area contributed by atoms with Crippen LogP contribution in [0.2, 0.25) is 0 Å². The van der Waals surface area contributed by atoms with Gasteiger partial charge in [0, 0.05) is 36.8 Å². The average molecular weight is 425 g/mol. The summed E-state index contributed by atoms with van der Waals surface area (Å²) in [4.78, 5) is 34.9. The molecule has 4 aromatic rings. The number of amides is 1. The van der Waals surface area contributed by atoms with E-state index >= 15 is 0 Å². The molecule has 0 saturated heterocycles. The molecule has 3 heterocycles. The topological polar surface area (TPSA) is 81.8 Å². The number of aromatic nitrogens is 4. The lowest BCUT2D eigenvalue weighted by Gasteiger charge is -2.09. The third kappa shape index (κ3) is 3.88. The predicted molar refractivity (Wildman–Crippen MR) is 113 cm³/mol. The molecule has 0 unspecified atom stereocenters. The van der Waals surface area contributed by atoms with E-state index in [9.17, 15) is 14.0 Å². The largest absolute Gasteiger partial charge is 0.352 e. The molecule has 3 aromatic heterocycles. The Kier molecular flexibility index (Phi) is 5.45. The van der Waals surface area contributed by atoms with Crippen LogP contribution >= 0.6 is 11.3 Å². The van der Waals surface area contributed by atoms with E-state index < -0.39 is 5.82 Å². The van der Waals surface area contributed by atoms with Crippen molar-refractivity contribution >= 4 is 27.5 Å². The number of hydrogen-bond donors (Lipinski definition) is 1. The van der Waals surface area contributed by atoms with Crippen molar-refractivity contribution in [1.29, 1.82) is 0 Å². The molecule has 9 heteroatoms. The summed E-state index contributed by atoms with van der Waals surface area (Å²) in [5, 5.41) is 3.38. The molecule has 0 spiro atoms. The molecule has 154 valence electrons. The molecule has 0 atom stereocenters. The number of carbonyl (C=O) groups is 1. The minimum atomic E-state index is -0.396. The van der Waals surface area contributed by atoms with Crippen LogP contribution in [0.1, 0.15) is 22.4 Å². The number of imidazole rings is 1. The first-order chi connectivity index (χ1) is 14.4. The van der Waals surface area contributed by atoms with Crippen molar-refractivity contribution in [3.8, 4) is 5.69 Å². The van der Waals surface area contributed by atoms with Gasteiger partial charge in [0.2, 0.25) is 5.91 Å². The fourth-order valence-corrected chi connectivity index (χ4v) is 4.20. The van der Waals surface area contributed by atoms with E-state index in [0.29, 0.717) is 16.6 Å². The van der Waals surface area contributed by atoms with E-state index in [4.69, 9.17) is 0 Å². The maximum absolute atomic E-state index is 14.3. The minimum absolute atomic E-state index is 0.130. The quantitative estimate of drug-likeness (QED) is 0.515. The fraction of sp³-hybridized carbons (Fsp3) is 0.238. The first-order valence-corrected chi connectivity index (χ1v) is 10.2. The molecule has 4 rings (SSSR count). The maximum Gasteiger partial charge on any atom is 0.262 e. The number of thiophene rings is 1. The lowest BCUT2D eigenvalue weighted by Crippen LogP contribution is -2.27. The average Bonchev–Trinajstić information content (AvgIpc) is 3.35. The van der Waals surface area contributed by atoms with Gasteiger partial charge in [0.15, 0.2) is 0 Å². The van der Waals surface area contributed by atoms with Gasteiger partial charge in [-0.15, -0.1) is 11.3 Å². The van der Waals surface area contributed by atoms with Gasteiger partial charge < -0.3 is 9.88 Å². The number of nitrogens with one attached hydrogen (secondary N) is 1. The van der Waals surface area contributed by atoms with Crippen LogP contribution in [0.15, 0.2) is 48.0 Å². The van der Waals surface area contributed by atoms with Crippen molar-refractivity contribution in [2.24, 2.45) is 0 Å². The molecular formula is C21H20FN5O2S. The Morgan fingerprint density at radius 3 is 2.83 bits per heavy atom. The van der Waals surface area contributed by atoms with E-state index in [1.807, 2.05) is 13.8 Å². The zero-order valence-electron chi connectivity index (χ0n) is 16.6. The van der Waals surface area contributed by atoms with E-state index in [1.165, 1.54) is 34.6 Å². The van der Waals surface area contributed by atoms with Gasteiger partial charge in [-0.3, -0.25) is 14.2 Å². The molecular weight excluding hydrogens is 405 g/mol. The Bertz CT molecular complexity index is 1280. The first kappa shape index (κ1) is 20.0. The van der Waals surface area contributed by atoms with E-state index in [1.54, 1.807) is 29.1 Å². The lowest BCUT2D eigenvalue weighted by molar-refractivity contribution is -0.121. The Morgan fingerprint density at radius 2 is 2.10 bits per heavy atom. The third-order valence-corrected chi connectivity index (χ3v) is 6.14. The predicted octanol–water partition coefficient (Wildman–Crippen LogP) is 3.11. The molecule has 0 bridgehead atoms. The van der Waals surface area contributed by atoms with Gasteiger partial charge in [0.1, 0.15) is 10.6 Å². The Labute approximate surface area is 175 Å². The zero-order chi connectivity index (χ0) is 21.3. The second-order valence-corrected chi connectivity index (χ2v) is 8.19. The summed E-state index contributed by atoms with van der Waals surface area (Å²) in [6, 6.07) is 4.78. The normalized spacial score (nSPS) is 11.2. The van der Waals surface area contributed by atoms with Crippen LogP contribution in [0.4, 0.5) is 4.39 Å². The zero-order valence-corrected chi connectivity index (χ0v) is 17.4. The summed E-state index contributed by atoms with van der Waals surface area (Å²) in [6.07, 6.45) is 6.37. The highest BCUT2D eigenvalue weighted by molar-refractivity contribution is 7.18. The molecule has 0 aliphatic heterocycles. The molecule has 0 radical (unpaired) electrons. The molecule has 1 aromatic carbocycles. The van der Waals surface area contributed by atoms with Crippen molar-refractivity contribution in [1.82, 2.24) is 24.4 Å². The summed E-state index contributed by atoms with van der Waals surface area (Å²) >= 11 is 1.49. The van der Waals surface area contributed by atoms with Gasteiger partial charge in [-0.2, -0.15) is 0 Å². The van der Waals surface area contributed by atoms with Crippen LogP contribution in [-0.2, 0) is 17.9 Å². The highest BCUT2D eigenvalue weighted by Gasteiger charge is 2.13. The number of benzene rings is 1. The molecule has 30 heavy (non-hydrogen) atoms. The molecule has 0 aliphatic carbocycles. The smallest absolute Gasteiger partial charge is 0.262 e. The second-order valence-electron chi connectivity index (χ2n) is 6.99. The number of nitrogens with zero attached hydrogens (tertiary/aromatic N) is 4. The molecule has 1 amide bonds.